The fourth-order valence-corrected chi connectivity index (χ4v) is 3.51. The van der Waals surface area contributed by atoms with Gasteiger partial charge in [0, 0.05) is 18.3 Å². The van der Waals surface area contributed by atoms with E-state index in [4.69, 9.17) is 9.47 Å². The fourth-order valence-electron chi connectivity index (χ4n) is 2.60. The van der Waals surface area contributed by atoms with Crippen molar-refractivity contribution in [2.24, 2.45) is 0 Å². The van der Waals surface area contributed by atoms with Crippen LogP contribution in [0.5, 0.6) is 11.5 Å². The number of thiazole rings is 1. The predicted octanol–water partition coefficient (Wildman–Crippen LogP) is 4.30. The predicted molar refractivity (Wildman–Crippen MR) is 102 cm³/mol. The molecule has 3 rings (SSSR count). The number of halogens is 1. The standard InChI is InChI=1S/C20H21FN2O2S/c1-24-16-7-8-18(25-2)17(11-16)19-12-23-20(26-19)13-22-10-9-14-3-5-15(21)6-4-14/h3-8,11-12,22H,9-10,13H2,1-2H3. The zero-order chi connectivity index (χ0) is 18.4. The molecular formula is C20H21FN2O2S. The summed E-state index contributed by atoms with van der Waals surface area (Å²) >= 11 is 1.62. The lowest BCUT2D eigenvalue weighted by molar-refractivity contribution is 0.404. The first kappa shape index (κ1) is 18.4. The van der Waals surface area contributed by atoms with E-state index in [0.29, 0.717) is 6.54 Å². The van der Waals surface area contributed by atoms with Crippen molar-refractivity contribution in [3.63, 3.8) is 0 Å². The first-order valence-corrected chi connectivity index (χ1v) is 9.13. The number of methoxy groups -OCH3 is 2. The van der Waals surface area contributed by atoms with E-state index in [1.165, 1.54) is 12.1 Å². The molecule has 26 heavy (non-hydrogen) atoms. The van der Waals surface area contributed by atoms with Crippen LogP contribution < -0.4 is 14.8 Å². The molecule has 4 nitrogen and oxygen atoms in total. The summed E-state index contributed by atoms with van der Waals surface area (Å²) in [6.45, 7) is 1.50. The second kappa shape index (κ2) is 8.78. The van der Waals surface area contributed by atoms with E-state index in [2.05, 4.69) is 10.3 Å². The van der Waals surface area contributed by atoms with Gasteiger partial charge in [0.15, 0.2) is 0 Å². The summed E-state index contributed by atoms with van der Waals surface area (Å²) in [5, 5.41) is 4.38. The van der Waals surface area contributed by atoms with Crippen LogP contribution in [0.15, 0.2) is 48.7 Å². The van der Waals surface area contributed by atoms with E-state index in [1.807, 2.05) is 36.5 Å². The number of aromatic nitrogens is 1. The summed E-state index contributed by atoms with van der Waals surface area (Å²) in [5.74, 6) is 1.38. The minimum Gasteiger partial charge on any atom is -0.497 e. The Bertz CT molecular complexity index is 849. The van der Waals surface area contributed by atoms with Crippen molar-refractivity contribution in [1.82, 2.24) is 10.3 Å². The summed E-state index contributed by atoms with van der Waals surface area (Å²) in [6, 6.07) is 12.3. The average Bonchev–Trinajstić information content (AvgIpc) is 3.15. The fraction of sp³-hybridized carbons (Fsp3) is 0.250. The molecule has 0 fully saturated rings. The lowest BCUT2D eigenvalue weighted by atomic mass is 10.1. The van der Waals surface area contributed by atoms with Gasteiger partial charge < -0.3 is 14.8 Å². The van der Waals surface area contributed by atoms with Crippen LogP contribution in [-0.4, -0.2) is 25.7 Å². The van der Waals surface area contributed by atoms with Crippen molar-refractivity contribution in [3.05, 3.63) is 65.0 Å². The molecule has 0 aliphatic heterocycles. The van der Waals surface area contributed by atoms with Gasteiger partial charge in [0.25, 0.3) is 0 Å². The van der Waals surface area contributed by atoms with Gasteiger partial charge in [0.1, 0.15) is 22.3 Å². The molecule has 0 radical (unpaired) electrons. The largest absolute Gasteiger partial charge is 0.497 e. The summed E-state index contributed by atoms with van der Waals surface area (Å²) in [5.41, 5.74) is 2.08. The second-order valence-electron chi connectivity index (χ2n) is 5.74. The minimum absolute atomic E-state index is 0.204. The van der Waals surface area contributed by atoms with Crippen LogP contribution in [0.2, 0.25) is 0 Å². The smallest absolute Gasteiger partial charge is 0.127 e. The monoisotopic (exact) mass is 372 g/mol. The van der Waals surface area contributed by atoms with Gasteiger partial charge in [-0.3, -0.25) is 0 Å². The highest BCUT2D eigenvalue weighted by Gasteiger charge is 2.11. The van der Waals surface area contributed by atoms with E-state index in [0.717, 1.165) is 45.5 Å². The van der Waals surface area contributed by atoms with Gasteiger partial charge in [-0.15, -0.1) is 11.3 Å². The highest BCUT2D eigenvalue weighted by atomic mass is 32.1. The van der Waals surface area contributed by atoms with Crippen molar-refractivity contribution >= 4 is 11.3 Å². The summed E-state index contributed by atoms with van der Waals surface area (Å²) in [4.78, 5) is 5.53. The molecule has 0 saturated heterocycles. The Balaban J connectivity index is 1.59. The van der Waals surface area contributed by atoms with Crippen molar-refractivity contribution < 1.29 is 13.9 Å². The lowest BCUT2D eigenvalue weighted by Gasteiger charge is -2.08. The Labute approximate surface area is 156 Å². The molecule has 0 aliphatic carbocycles. The molecule has 2 aromatic carbocycles. The summed E-state index contributed by atoms with van der Waals surface area (Å²) in [6.07, 6.45) is 2.71. The molecule has 0 aliphatic rings. The number of hydrogen-bond acceptors (Lipinski definition) is 5. The van der Waals surface area contributed by atoms with Gasteiger partial charge in [0.05, 0.1) is 19.1 Å². The number of nitrogens with one attached hydrogen (secondary N) is 1. The zero-order valence-electron chi connectivity index (χ0n) is 14.8. The maximum absolute atomic E-state index is 12.9. The molecule has 0 saturated carbocycles. The molecule has 0 bridgehead atoms. The number of nitrogens with zero attached hydrogens (tertiary/aromatic N) is 1. The summed E-state index contributed by atoms with van der Waals surface area (Å²) < 4.78 is 23.7. The molecular weight excluding hydrogens is 351 g/mol. The lowest BCUT2D eigenvalue weighted by Crippen LogP contribution is -2.16. The molecule has 0 spiro atoms. The normalized spacial score (nSPS) is 10.7. The quantitative estimate of drug-likeness (QED) is 0.599. The van der Waals surface area contributed by atoms with Crippen molar-refractivity contribution in [1.29, 1.82) is 0 Å². The highest BCUT2D eigenvalue weighted by molar-refractivity contribution is 7.15. The van der Waals surface area contributed by atoms with Crippen LogP contribution in [0.25, 0.3) is 10.4 Å². The Morgan fingerprint density at radius 3 is 2.62 bits per heavy atom. The van der Waals surface area contributed by atoms with Crippen LogP contribution in [0, 0.1) is 5.82 Å². The molecule has 1 heterocycles. The molecule has 1 N–H and O–H groups in total. The van der Waals surface area contributed by atoms with Gasteiger partial charge >= 0.3 is 0 Å². The second-order valence-corrected chi connectivity index (χ2v) is 6.85. The van der Waals surface area contributed by atoms with E-state index in [-0.39, 0.29) is 5.82 Å². The Hall–Kier alpha value is -2.44. The third-order valence-corrected chi connectivity index (χ3v) is 5.04. The molecule has 1 aromatic heterocycles. The van der Waals surface area contributed by atoms with Crippen molar-refractivity contribution in [3.8, 4) is 21.9 Å². The highest BCUT2D eigenvalue weighted by Crippen LogP contribution is 2.36. The number of ether oxygens (including phenoxy) is 2. The van der Waals surface area contributed by atoms with Crippen LogP contribution in [0.3, 0.4) is 0 Å². The van der Waals surface area contributed by atoms with Crippen molar-refractivity contribution in [2.45, 2.75) is 13.0 Å². The van der Waals surface area contributed by atoms with E-state index in [1.54, 1.807) is 25.6 Å². The van der Waals surface area contributed by atoms with Crippen LogP contribution in [0.1, 0.15) is 10.6 Å². The number of hydrogen-bond donors (Lipinski definition) is 1. The molecule has 3 aromatic rings. The Kier molecular flexibility index (Phi) is 6.20. The van der Waals surface area contributed by atoms with E-state index < -0.39 is 0 Å². The average molecular weight is 372 g/mol. The third kappa shape index (κ3) is 4.59. The first-order chi connectivity index (χ1) is 12.7. The SMILES string of the molecule is COc1ccc(OC)c(-c2cnc(CNCCc3ccc(F)cc3)s2)c1. The van der Waals surface area contributed by atoms with Crippen LogP contribution in [-0.2, 0) is 13.0 Å². The molecule has 0 unspecified atom stereocenters. The van der Waals surface area contributed by atoms with E-state index >= 15 is 0 Å². The molecule has 0 atom stereocenters. The third-order valence-electron chi connectivity index (χ3n) is 4.01. The molecule has 6 heteroatoms. The molecule has 0 amide bonds. The van der Waals surface area contributed by atoms with Gasteiger partial charge in [-0.05, 0) is 48.9 Å². The zero-order valence-corrected chi connectivity index (χ0v) is 15.6. The maximum Gasteiger partial charge on any atom is 0.127 e. The summed E-state index contributed by atoms with van der Waals surface area (Å²) in [7, 11) is 3.30. The first-order valence-electron chi connectivity index (χ1n) is 8.32. The van der Waals surface area contributed by atoms with Crippen molar-refractivity contribution in [2.75, 3.05) is 20.8 Å². The van der Waals surface area contributed by atoms with Gasteiger partial charge in [0.2, 0.25) is 0 Å². The van der Waals surface area contributed by atoms with Gasteiger partial charge in [-0.1, -0.05) is 12.1 Å². The van der Waals surface area contributed by atoms with Gasteiger partial charge in [-0.2, -0.15) is 0 Å². The van der Waals surface area contributed by atoms with Crippen LogP contribution in [0.4, 0.5) is 4.39 Å². The number of rotatable bonds is 8. The maximum atomic E-state index is 12.9. The van der Waals surface area contributed by atoms with Crippen LogP contribution >= 0.6 is 11.3 Å². The number of benzene rings is 2. The van der Waals surface area contributed by atoms with E-state index in [9.17, 15) is 4.39 Å². The topological polar surface area (TPSA) is 43.4 Å². The Morgan fingerprint density at radius 2 is 1.88 bits per heavy atom. The molecule has 136 valence electrons. The van der Waals surface area contributed by atoms with Gasteiger partial charge in [-0.25, -0.2) is 9.37 Å². The Morgan fingerprint density at radius 1 is 1.08 bits per heavy atom. The minimum atomic E-state index is -0.204.